The van der Waals surface area contributed by atoms with Crippen LogP contribution in [0, 0.1) is 5.92 Å². The van der Waals surface area contributed by atoms with Gasteiger partial charge in [-0.3, -0.25) is 9.63 Å². The standard InChI is InChI=1S/C14H17F3N6O2/c1-21(25-2)12(24)9-5-7-22(8-6-9)11-4-3-10-18-19-13(14(15,16)17)23(10)20-11/h3-4,9H,5-8H2,1-2H3. The number of halogens is 3. The summed E-state index contributed by atoms with van der Waals surface area (Å²) in [5.41, 5.74) is 0.0304. The summed E-state index contributed by atoms with van der Waals surface area (Å²) in [5.74, 6) is -1.05. The highest BCUT2D eigenvalue weighted by Crippen LogP contribution is 2.28. The van der Waals surface area contributed by atoms with Crippen LogP contribution >= 0.6 is 0 Å². The van der Waals surface area contributed by atoms with Crippen LogP contribution in [0.3, 0.4) is 0 Å². The summed E-state index contributed by atoms with van der Waals surface area (Å²) in [7, 11) is 2.97. The highest BCUT2D eigenvalue weighted by molar-refractivity contribution is 5.77. The van der Waals surface area contributed by atoms with Crippen LogP contribution in [-0.4, -0.2) is 58.0 Å². The smallest absolute Gasteiger partial charge is 0.355 e. The van der Waals surface area contributed by atoms with Gasteiger partial charge in [-0.2, -0.15) is 17.7 Å². The van der Waals surface area contributed by atoms with Gasteiger partial charge in [0.2, 0.25) is 5.91 Å². The second kappa shape index (κ2) is 6.47. The van der Waals surface area contributed by atoms with E-state index in [-0.39, 0.29) is 17.5 Å². The van der Waals surface area contributed by atoms with Gasteiger partial charge >= 0.3 is 6.18 Å². The van der Waals surface area contributed by atoms with Gasteiger partial charge < -0.3 is 4.90 Å². The summed E-state index contributed by atoms with van der Waals surface area (Å²) in [6.07, 6.45) is -3.49. The maximum absolute atomic E-state index is 12.9. The van der Waals surface area contributed by atoms with E-state index >= 15 is 0 Å². The first-order valence-corrected chi connectivity index (χ1v) is 7.67. The van der Waals surface area contributed by atoms with Crippen molar-refractivity contribution in [1.82, 2.24) is 24.9 Å². The molecule has 0 aromatic carbocycles. The van der Waals surface area contributed by atoms with E-state index in [1.54, 1.807) is 13.1 Å². The number of alkyl halides is 3. The molecule has 0 unspecified atom stereocenters. The third-order valence-electron chi connectivity index (χ3n) is 4.25. The summed E-state index contributed by atoms with van der Waals surface area (Å²) in [4.78, 5) is 18.8. The third kappa shape index (κ3) is 3.36. The SMILES string of the molecule is CON(C)C(=O)C1CCN(c2ccc3nnc(C(F)(F)F)n3n2)CC1. The molecule has 0 saturated carbocycles. The average Bonchev–Trinajstić information content (AvgIpc) is 3.04. The molecule has 0 spiro atoms. The number of piperidine rings is 1. The number of rotatable bonds is 3. The minimum atomic E-state index is -4.63. The molecule has 0 aliphatic carbocycles. The monoisotopic (exact) mass is 358 g/mol. The first-order valence-electron chi connectivity index (χ1n) is 7.67. The molecular weight excluding hydrogens is 341 g/mol. The number of nitrogens with zero attached hydrogens (tertiary/aromatic N) is 6. The molecule has 1 aliphatic rings. The zero-order valence-electron chi connectivity index (χ0n) is 13.7. The van der Waals surface area contributed by atoms with E-state index in [0.717, 1.165) is 0 Å². The molecule has 1 fully saturated rings. The molecule has 2 aromatic rings. The Hall–Kier alpha value is -2.43. The average molecular weight is 358 g/mol. The Bertz CT molecular complexity index is 770. The summed E-state index contributed by atoms with van der Waals surface area (Å²) in [6, 6.07) is 3.05. The molecule has 1 aliphatic heterocycles. The molecule has 0 atom stereocenters. The van der Waals surface area contributed by atoms with Crippen molar-refractivity contribution >= 4 is 17.4 Å². The number of anilines is 1. The maximum Gasteiger partial charge on any atom is 0.453 e. The fourth-order valence-corrected chi connectivity index (χ4v) is 2.83. The van der Waals surface area contributed by atoms with E-state index in [2.05, 4.69) is 15.3 Å². The normalized spacial score (nSPS) is 16.4. The van der Waals surface area contributed by atoms with Gasteiger partial charge in [0.05, 0.1) is 7.11 Å². The molecule has 0 radical (unpaired) electrons. The highest BCUT2D eigenvalue weighted by atomic mass is 19.4. The number of fused-ring (bicyclic) bond motifs is 1. The molecule has 3 heterocycles. The van der Waals surface area contributed by atoms with Gasteiger partial charge in [-0.1, -0.05) is 0 Å². The zero-order chi connectivity index (χ0) is 18.2. The molecule has 0 N–H and O–H groups in total. The first kappa shape index (κ1) is 17.4. The largest absolute Gasteiger partial charge is 0.453 e. The van der Waals surface area contributed by atoms with Crippen LogP contribution < -0.4 is 4.90 Å². The van der Waals surface area contributed by atoms with Gasteiger partial charge in [-0.15, -0.1) is 15.3 Å². The fraction of sp³-hybridized carbons (Fsp3) is 0.571. The summed E-state index contributed by atoms with van der Waals surface area (Å²) in [5, 5.41) is 11.9. The lowest BCUT2D eigenvalue weighted by molar-refractivity contribution is -0.174. The Morgan fingerprint density at radius 3 is 2.56 bits per heavy atom. The molecule has 136 valence electrons. The van der Waals surface area contributed by atoms with Gasteiger partial charge in [-0.25, -0.2) is 5.06 Å². The molecule has 8 nitrogen and oxygen atoms in total. The number of carbonyl (C=O) groups is 1. The van der Waals surface area contributed by atoms with Gasteiger partial charge in [0.15, 0.2) is 5.65 Å². The van der Waals surface area contributed by atoms with Gasteiger partial charge in [0.25, 0.3) is 5.82 Å². The van der Waals surface area contributed by atoms with Crippen molar-refractivity contribution in [3.63, 3.8) is 0 Å². The lowest BCUT2D eigenvalue weighted by Gasteiger charge is -2.33. The van der Waals surface area contributed by atoms with Crippen LogP contribution in [0.1, 0.15) is 18.7 Å². The van der Waals surface area contributed by atoms with Crippen LogP contribution in [0.25, 0.3) is 5.65 Å². The topological polar surface area (TPSA) is 75.9 Å². The van der Waals surface area contributed by atoms with E-state index in [4.69, 9.17) is 4.84 Å². The van der Waals surface area contributed by atoms with Crippen molar-refractivity contribution in [2.45, 2.75) is 19.0 Å². The first-order chi connectivity index (χ1) is 11.8. The summed E-state index contributed by atoms with van der Waals surface area (Å²) in [6.45, 7) is 1.02. The molecular formula is C14H17F3N6O2. The lowest BCUT2D eigenvalue weighted by atomic mass is 9.96. The molecule has 11 heteroatoms. The Morgan fingerprint density at radius 1 is 1.28 bits per heavy atom. The number of hydrogen-bond acceptors (Lipinski definition) is 6. The minimum Gasteiger partial charge on any atom is -0.355 e. The molecule has 0 bridgehead atoms. The molecule has 1 saturated heterocycles. The zero-order valence-corrected chi connectivity index (χ0v) is 13.7. The number of hydroxylamine groups is 2. The van der Waals surface area contributed by atoms with Crippen LogP contribution in [0.5, 0.6) is 0 Å². The van der Waals surface area contributed by atoms with Crippen LogP contribution in [0.2, 0.25) is 0 Å². The third-order valence-corrected chi connectivity index (χ3v) is 4.25. The van der Waals surface area contributed by atoms with E-state index in [0.29, 0.717) is 36.3 Å². The van der Waals surface area contributed by atoms with Crippen molar-refractivity contribution in [2.24, 2.45) is 5.92 Å². The molecule has 2 aromatic heterocycles. The van der Waals surface area contributed by atoms with Crippen molar-refractivity contribution in [3.8, 4) is 0 Å². The summed E-state index contributed by atoms with van der Waals surface area (Å²) < 4.78 is 39.5. The Labute approximate surface area is 141 Å². The molecule has 1 amide bonds. The molecule has 25 heavy (non-hydrogen) atoms. The Morgan fingerprint density at radius 2 is 1.96 bits per heavy atom. The number of carbonyl (C=O) groups excluding carboxylic acids is 1. The predicted molar refractivity (Wildman–Crippen MR) is 80.5 cm³/mol. The number of amides is 1. The highest BCUT2D eigenvalue weighted by Gasteiger charge is 2.38. The van der Waals surface area contributed by atoms with E-state index in [1.807, 2.05) is 4.90 Å². The van der Waals surface area contributed by atoms with Crippen molar-refractivity contribution in [1.29, 1.82) is 0 Å². The quantitative estimate of drug-likeness (QED) is 0.772. The molecule has 3 rings (SSSR count). The van der Waals surface area contributed by atoms with Gasteiger partial charge in [0, 0.05) is 26.1 Å². The van der Waals surface area contributed by atoms with Crippen LogP contribution in [0.15, 0.2) is 12.1 Å². The van der Waals surface area contributed by atoms with E-state index < -0.39 is 12.0 Å². The predicted octanol–water partition coefficient (Wildman–Crippen LogP) is 1.38. The van der Waals surface area contributed by atoms with Crippen molar-refractivity contribution in [2.75, 3.05) is 32.1 Å². The second-order valence-corrected chi connectivity index (χ2v) is 5.76. The van der Waals surface area contributed by atoms with E-state index in [1.165, 1.54) is 18.2 Å². The van der Waals surface area contributed by atoms with Crippen molar-refractivity contribution < 1.29 is 22.8 Å². The summed E-state index contributed by atoms with van der Waals surface area (Å²) >= 11 is 0. The Kier molecular flexibility index (Phi) is 4.50. The van der Waals surface area contributed by atoms with Crippen LogP contribution in [-0.2, 0) is 15.8 Å². The number of aromatic nitrogens is 4. The van der Waals surface area contributed by atoms with Crippen LogP contribution in [0.4, 0.5) is 19.0 Å². The van der Waals surface area contributed by atoms with Crippen molar-refractivity contribution in [3.05, 3.63) is 18.0 Å². The number of hydrogen-bond donors (Lipinski definition) is 0. The maximum atomic E-state index is 12.9. The fourth-order valence-electron chi connectivity index (χ4n) is 2.83. The minimum absolute atomic E-state index is 0.0304. The van der Waals surface area contributed by atoms with E-state index in [9.17, 15) is 18.0 Å². The Balaban J connectivity index is 1.76. The second-order valence-electron chi connectivity index (χ2n) is 5.76. The van der Waals surface area contributed by atoms with Gasteiger partial charge in [-0.05, 0) is 25.0 Å². The van der Waals surface area contributed by atoms with Gasteiger partial charge in [0.1, 0.15) is 5.82 Å². The lowest BCUT2D eigenvalue weighted by Crippen LogP contribution is -2.41.